The van der Waals surface area contributed by atoms with Crippen molar-refractivity contribution < 1.29 is 17.9 Å². The van der Waals surface area contributed by atoms with Crippen LogP contribution >= 0.6 is 0 Å². The molecule has 1 amide bonds. The molecule has 2 rings (SSSR count). The quantitative estimate of drug-likeness (QED) is 0.686. The van der Waals surface area contributed by atoms with Crippen LogP contribution in [0.5, 0.6) is 0 Å². The molecule has 7 heteroatoms. The Bertz CT molecular complexity index is 622. The molecule has 134 valence electrons. The van der Waals surface area contributed by atoms with Gasteiger partial charge in [-0.2, -0.15) is 0 Å². The maximum atomic E-state index is 12.3. The lowest BCUT2D eigenvalue weighted by Crippen LogP contribution is -2.29. The van der Waals surface area contributed by atoms with Crippen LogP contribution in [0, 0.1) is 0 Å². The Morgan fingerprint density at radius 3 is 2.50 bits per heavy atom. The number of benzene rings is 1. The van der Waals surface area contributed by atoms with Crippen molar-refractivity contribution in [2.45, 2.75) is 31.9 Å². The number of amides is 1. The van der Waals surface area contributed by atoms with Crippen molar-refractivity contribution >= 4 is 15.9 Å². The Labute approximate surface area is 144 Å². The number of rotatable bonds is 9. The van der Waals surface area contributed by atoms with E-state index in [0.717, 1.165) is 19.3 Å². The molecule has 0 radical (unpaired) electrons. The third-order valence-electron chi connectivity index (χ3n) is 3.98. The molecule has 1 N–H and O–H groups in total. The van der Waals surface area contributed by atoms with Crippen LogP contribution in [0.3, 0.4) is 0 Å². The van der Waals surface area contributed by atoms with E-state index in [1.807, 2.05) is 6.92 Å². The second kappa shape index (κ2) is 9.15. The van der Waals surface area contributed by atoms with Gasteiger partial charge in [0.15, 0.2) is 0 Å². The summed E-state index contributed by atoms with van der Waals surface area (Å²) in [6.45, 7) is 5.03. The molecule has 0 aliphatic carbocycles. The highest BCUT2D eigenvalue weighted by atomic mass is 32.2. The van der Waals surface area contributed by atoms with Crippen molar-refractivity contribution in [2.24, 2.45) is 0 Å². The van der Waals surface area contributed by atoms with Gasteiger partial charge < -0.3 is 10.1 Å². The summed E-state index contributed by atoms with van der Waals surface area (Å²) in [4.78, 5) is 12.0. The summed E-state index contributed by atoms with van der Waals surface area (Å²) in [5, 5.41) is 2.82. The molecular weight excluding hydrogens is 328 g/mol. The second-order valence-corrected chi connectivity index (χ2v) is 7.83. The number of hydrogen-bond acceptors (Lipinski definition) is 4. The molecule has 1 saturated heterocycles. The summed E-state index contributed by atoms with van der Waals surface area (Å²) in [6, 6.07) is 6.77. The topological polar surface area (TPSA) is 75.7 Å². The maximum Gasteiger partial charge on any atom is 0.251 e. The summed E-state index contributed by atoms with van der Waals surface area (Å²) in [7, 11) is -3.25. The van der Waals surface area contributed by atoms with Crippen molar-refractivity contribution in [2.75, 3.05) is 32.8 Å². The number of carbonyl (C=O) groups excluding carboxylic acids is 1. The highest BCUT2D eigenvalue weighted by Gasteiger charge is 2.25. The average Bonchev–Trinajstić information content (AvgIpc) is 3.10. The van der Waals surface area contributed by atoms with E-state index in [1.54, 1.807) is 28.6 Å². The highest BCUT2D eigenvalue weighted by Crippen LogP contribution is 2.17. The van der Waals surface area contributed by atoms with E-state index in [2.05, 4.69) is 5.32 Å². The van der Waals surface area contributed by atoms with Crippen LogP contribution in [-0.4, -0.2) is 51.5 Å². The Morgan fingerprint density at radius 1 is 1.21 bits per heavy atom. The Kier molecular flexibility index (Phi) is 7.20. The largest absolute Gasteiger partial charge is 0.382 e. The monoisotopic (exact) mass is 354 g/mol. The van der Waals surface area contributed by atoms with Gasteiger partial charge in [0.25, 0.3) is 5.91 Å². The normalized spacial score (nSPS) is 15.5. The van der Waals surface area contributed by atoms with Crippen molar-refractivity contribution in [3.05, 3.63) is 35.4 Å². The minimum Gasteiger partial charge on any atom is -0.382 e. The number of ether oxygens (including phenoxy) is 1. The van der Waals surface area contributed by atoms with Gasteiger partial charge in [0.1, 0.15) is 0 Å². The van der Waals surface area contributed by atoms with Gasteiger partial charge in [-0.05, 0) is 43.9 Å². The van der Waals surface area contributed by atoms with E-state index in [-0.39, 0.29) is 11.7 Å². The average molecular weight is 354 g/mol. The van der Waals surface area contributed by atoms with E-state index < -0.39 is 10.0 Å². The summed E-state index contributed by atoms with van der Waals surface area (Å²) >= 11 is 0. The molecular formula is C17H26N2O4S. The van der Waals surface area contributed by atoms with E-state index >= 15 is 0 Å². The van der Waals surface area contributed by atoms with Crippen molar-refractivity contribution in [1.29, 1.82) is 0 Å². The van der Waals surface area contributed by atoms with Gasteiger partial charge in [-0.1, -0.05) is 12.1 Å². The Balaban J connectivity index is 1.84. The molecule has 0 spiro atoms. The first-order valence-electron chi connectivity index (χ1n) is 8.45. The molecule has 0 bridgehead atoms. The van der Waals surface area contributed by atoms with Crippen LogP contribution < -0.4 is 5.32 Å². The highest BCUT2D eigenvalue weighted by molar-refractivity contribution is 7.88. The molecule has 0 saturated carbocycles. The van der Waals surface area contributed by atoms with Crippen LogP contribution in [0.15, 0.2) is 24.3 Å². The fourth-order valence-electron chi connectivity index (χ4n) is 2.64. The molecule has 1 aliphatic rings. The third-order valence-corrected chi connectivity index (χ3v) is 5.83. The third kappa shape index (κ3) is 5.58. The molecule has 0 unspecified atom stereocenters. The molecule has 1 aliphatic heterocycles. The fourth-order valence-corrected chi connectivity index (χ4v) is 4.25. The molecule has 24 heavy (non-hydrogen) atoms. The first-order valence-corrected chi connectivity index (χ1v) is 10.1. The van der Waals surface area contributed by atoms with Gasteiger partial charge in [0.2, 0.25) is 10.0 Å². The van der Waals surface area contributed by atoms with Gasteiger partial charge in [0.05, 0.1) is 5.75 Å². The second-order valence-electron chi connectivity index (χ2n) is 5.87. The number of nitrogens with one attached hydrogen (secondary N) is 1. The number of sulfonamides is 1. The van der Waals surface area contributed by atoms with Crippen molar-refractivity contribution in [3.63, 3.8) is 0 Å². The first-order chi connectivity index (χ1) is 11.5. The first kappa shape index (κ1) is 18.9. The lowest BCUT2D eigenvalue weighted by Gasteiger charge is -2.15. The van der Waals surface area contributed by atoms with Crippen molar-refractivity contribution in [1.82, 2.24) is 9.62 Å². The predicted molar refractivity (Wildman–Crippen MR) is 93.3 cm³/mol. The van der Waals surface area contributed by atoms with Crippen LogP contribution in [0.4, 0.5) is 0 Å². The summed E-state index contributed by atoms with van der Waals surface area (Å²) in [6.07, 6.45) is 2.63. The van der Waals surface area contributed by atoms with Crippen LogP contribution in [-0.2, 0) is 20.5 Å². The fraction of sp³-hybridized carbons (Fsp3) is 0.588. The lowest BCUT2D eigenvalue weighted by atomic mass is 10.1. The molecule has 0 atom stereocenters. The van der Waals surface area contributed by atoms with E-state index in [4.69, 9.17) is 4.74 Å². The molecule has 0 aromatic heterocycles. The lowest BCUT2D eigenvalue weighted by molar-refractivity contribution is 0.0944. The zero-order valence-electron chi connectivity index (χ0n) is 14.2. The number of nitrogens with zero attached hydrogens (tertiary/aromatic N) is 1. The standard InChI is InChI=1S/C17H26N2O4S/c1-2-23-13-5-10-18-17(20)16-8-6-15(7-9-16)14-24(21,22)19-11-3-4-12-19/h6-9H,2-5,10-14H2,1H3,(H,18,20). The smallest absolute Gasteiger partial charge is 0.251 e. The summed E-state index contributed by atoms with van der Waals surface area (Å²) in [5.41, 5.74) is 1.24. The molecule has 1 aromatic carbocycles. The zero-order valence-corrected chi connectivity index (χ0v) is 15.0. The summed E-state index contributed by atoms with van der Waals surface area (Å²) in [5.74, 6) is -0.163. The molecule has 1 aromatic rings. The number of hydrogen-bond donors (Lipinski definition) is 1. The minimum atomic E-state index is -3.25. The van der Waals surface area contributed by atoms with Crippen LogP contribution in [0.2, 0.25) is 0 Å². The van der Waals surface area contributed by atoms with Gasteiger partial charge >= 0.3 is 0 Å². The number of carbonyl (C=O) groups is 1. The minimum absolute atomic E-state index is 0.0107. The van der Waals surface area contributed by atoms with Crippen molar-refractivity contribution in [3.8, 4) is 0 Å². The van der Waals surface area contributed by atoms with Gasteiger partial charge in [-0.3, -0.25) is 4.79 Å². The zero-order chi connectivity index (χ0) is 17.4. The van der Waals surface area contributed by atoms with Gasteiger partial charge in [0, 0.05) is 38.4 Å². The van der Waals surface area contributed by atoms with Crippen LogP contribution in [0.1, 0.15) is 42.1 Å². The molecule has 1 heterocycles. The maximum absolute atomic E-state index is 12.3. The molecule has 6 nitrogen and oxygen atoms in total. The van der Waals surface area contributed by atoms with Crippen LogP contribution in [0.25, 0.3) is 0 Å². The Hall–Kier alpha value is -1.44. The van der Waals surface area contributed by atoms with Gasteiger partial charge in [-0.25, -0.2) is 12.7 Å². The van der Waals surface area contributed by atoms with E-state index in [9.17, 15) is 13.2 Å². The van der Waals surface area contributed by atoms with E-state index in [0.29, 0.717) is 44.0 Å². The Morgan fingerprint density at radius 2 is 1.88 bits per heavy atom. The van der Waals surface area contributed by atoms with E-state index in [1.165, 1.54) is 0 Å². The molecule has 1 fully saturated rings. The predicted octanol–water partition coefficient (Wildman–Crippen LogP) is 1.77. The summed E-state index contributed by atoms with van der Waals surface area (Å²) < 4.78 is 31.3. The SMILES string of the molecule is CCOCCCNC(=O)c1ccc(CS(=O)(=O)N2CCCC2)cc1. The van der Waals surface area contributed by atoms with Gasteiger partial charge in [-0.15, -0.1) is 0 Å².